The number of nitrogens with two attached hydrogens (primary N) is 1. The maximum Gasteiger partial charge on any atom is 0.341 e. The Morgan fingerprint density at radius 3 is 2.62 bits per heavy atom. The van der Waals surface area contributed by atoms with Gasteiger partial charge in [-0.05, 0) is 98.8 Å². The zero-order chi connectivity index (χ0) is 32.5. The molecule has 238 valence electrons. The minimum atomic E-state index is -3.40. The second-order valence-electron chi connectivity index (χ2n) is 12.0. The molecule has 9 nitrogen and oxygen atoms in total. The van der Waals surface area contributed by atoms with Gasteiger partial charge in [-0.3, -0.25) is 9.69 Å². The highest BCUT2D eigenvalue weighted by atomic mass is 35.5. The Morgan fingerprint density at radius 2 is 1.89 bits per heavy atom. The lowest BCUT2D eigenvalue weighted by Gasteiger charge is -2.39. The van der Waals surface area contributed by atoms with Crippen LogP contribution in [0.2, 0.25) is 5.02 Å². The number of halogens is 1. The summed E-state index contributed by atoms with van der Waals surface area (Å²) in [5, 5.41) is 3.32. The molecule has 3 aromatic carbocycles. The molecular formula is C34H38ClN3O6S. The first kappa shape index (κ1) is 32.5. The standard InChI is InChI=1S/C34H38ClN3O6S/c1-21(2)43-25-10-5-8-23(15-25)18-37-30(39)19-38-13-7-12-34(20-38)32(36)31(33(40)44-34)27-17-29(35)28(14-22(27)3)24-9-6-11-26(16-24)45(4,41)42/h5-6,8-11,14-17,21H,7,12-13,18-20,36H2,1-4H3,(H,37,39). The van der Waals surface area contributed by atoms with Gasteiger partial charge in [0.2, 0.25) is 5.91 Å². The Balaban J connectivity index is 1.32. The van der Waals surface area contributed by atoms with E-state index in [1.54, 1.807) is 24.3 Å². The zero-order valence-electron chi connectivity index (χ0n) is 25.9. The van der Waals surface area contributed by atoms with Crippen LogP contribution in [0.5, 0.6) is 5.75 Å². The van der Waals surface area contributed by atoms with E-state index in [0.29, 0.717) is 59.9 Å². The van der Waals surface area contributed by atoms with E-state index in [4.69, 9.17) is 26.8 Å². The second kappa shape index (κ2) is 12.9. The molecule has 2 aliphatic rings. The maximum atomic E-state index is 13.3. The van der Waals surface area contributed by atoms with E-state index >= 15 is 0 Å². The Bertz CT molecular complexity index is 1790. The molecule has 1 saturated heterocycles. The predicted molar refractivity (Wildman–Crippen MR) is 174 cm³/mol. The number of piperidine rings is 1. The number of likely N-dealkylation sites (tertiary alicyclic amines) is 1. The van der Waals surface area contributed by atoms with Crippen LogP contribution in [0, 0.1) is 6.92 Å². The Kier molecular flexibility index (Phi) is 9.30. The number of hydrogen-bond donors (Lipinski definition) is 2. The summed E-state index contributed by atoms with van der Waals surface area (Å²) in [6.45, 7) is 7.23. The summed E-state index contributed by atoms with van der Waals surface area (Å²) in [6.07, 6.45) is 2.44. The number of sulfone groups is 1. The molecular weight excluding hydrogens is 614 g/mol. The molecule has 3 N–H and O–H groups in total. The van der Waals surface area contributed by atoms with Crippen molar-refractivity contribution in [2.45, 2.75) is 56.8 Å². The first-order valence-electron chi connectivity index (χ1n) is 14.8. The molecule has 1 unspecified atom stereocenters. The fourth-order valence-electron chi connectivity index (χ4n) is 5.95. The number of esters is 1. The fraction of sp³-hybridized carbons (Fsp3) is 0.353. The molecule has 0 aromatic heterocycles. The zero-order valence-corrected chi connectivity index (χ0v) is 27.4. The summed E-state index contributed by atoms with van der Waals surface area (Å²) in [6, 6.07) is 17.7. The molecule has 3 aromatic rings. The Morgan fingerprint density at radius 1 is 1.13 bits per heavy atom. The quantitative estimate of drug-likeness (QED) is 0.313. The fourth-order valence-corrected chi connectivity index (χ4v) is 6.89. The summed E-state index contributed by atoms with van der Waals surface area (Å²) in [5.41, 5.74) is 9.75. The molecule has 1 spiro atoms. The van der Waals surface area contributed by atoms with Gasteiger partial charge in [-0.25, -0.2) is 13.2 Å². The number of aryl methyl sites for hydroxylation is 1. The second-order valence-corrected chi connectivity index (χ2v) is 14.4. The number of ether oxygens (including phenoxy) is 2. The summed E-state index contributed by atoms with van der Waals surface area (Å²) in [4.78, 5) is 28.4. The smallest absolute Gasteiger partial charge is 0.341 e. The molecule has 1 fully saturated rings. The third kappa shape index (κ3) is 7.19. The molecule has 11 heteroatoms. The van der Waals surface area contributed by atoms with E-state index in [9.17, 15) is 18.0 Å². The van der Waals surface area contributed by atoms with Gasteiger partial charge in [0.15, 0.2) is 15.4 Å². The van der Waals surface area contributed by atoms with Gasteiger partial charge in [-0.2, -0.15) is 0 Å². The van der Waals surface area contributed by atoms with Crippen molar-refractivity contribution in [3.63, 3.8) is 0 Å². The molecule has 1 atom stereocenters. The highest BCUT2D eigenvalue weighted by molar-refractivity contribution is 7.90. The van der Waals surface area contributed by atoms with Crippen molar-refractivity contribution in [3.05, 3.63) is 88.1 Å². The van der Waals surface area contributed by atoms with E-state index in [2.05, 4.69) is 5.32 Å². The van der Waals surface area contributed by atoms with Gasteiger partial charge < -0.3 is 20.5 Å². The summed E-state index contributed by atoms with van der Waals surface area (Å²) in [5.74, 6) is 0.0731. The van der Waals surface area contributed by atoms with Crippen LogP contribution in [0.3, 0.4) is 0 Å². The minimum absolute atomic E-state index is 0.0553. The van der Waals surface area contributed by atoms with Gasteiger partial charge in [0, 0.05) is 29.9 Å². The van der Waals surface area contributed by atoms with Gasteiger partial charge >= 0.3 is 5.97 Å². The maximum absolute atomic E-state index is 13.3. The molecule has 45 heavy (non-hydrogen) atoms. The number of nitrogens with one attached hydrogen (secondary N) is 1. The Hall–Kier alpha value is -3.86. The Labute approximate surface area is 269 Å². The van der Waals surface area contributed by atoms with Gasteiger partial charge in [-0.15, -0.1) is 0 Å². The van der Waals surface area contributed by atoms with Crippen molar-refractivity contribution in [2.24, 2.45) is 5.73 Å². The molecule has 2 aliphatic heterocycles. The van der Waals surface area contributed by atoms with Crippen molar-refractivity contribution in [1.82, 2.24) is 10.2 Å². The van der Waals surface area contributed by atoms with Crippen LogP contribution < -0.4 is 15.8 Å². The molecule has 0 radical (unpaired) electrons. The van der Waals surface area contributed by atoms with E-state index in [1.165, 1.54) is 6.07 Å². The van der Waals surface area contributed by atoms with Crippen molar-refractivity contribution in [3.8, 4) is 16.9 Å². The average Bonchev–Trinajstić information content (AvgIpc) is 3.20. The van der Waals surface area contributed by atoms with Crippen molar-refractivity contribution in [2.75, 3.05) is 25.9 Å². The largest absolute Gasteiger partial charge is 0.491 e. The minimum Gasteiger partial charge on any atom is -0.491 e. The van der Waals surface area contributed by atoms with Gasteiger partial charge in [0.1, 0.15) is 5.75 Å². The third-order valence-electron chi connectivity index (χ3n) is 8.07. The van der Waals surface area contributed by atoms with E-state index in [0.717, 1.165) is 23.1 Å². The lowest BCUT2D eigenvalue weighted by Crippen LogP contribution is -2.53. The molecule has 2 heterocycles. The van der Waals surface area contributed by atoms with Crippen molar-refractivity contribution >= 4 is 38.9 Å². The van der Waals surface area contributed by atoms with Crippen LogP contribution >= 0.6 is 11.6 Å². The summed E-state index contributed by atoms with van der Waals surface area (Å²) < 4.78 is 35.9. The summed E-state index contributed by atoms with van der Waals surface area (Å²) >= 11 is 6.71. The van der Waals surface area contributed by atoms with Crippen molar-refractivity contribution in [1.29, 1.82) is 0 Å². The van der Waals surface area contributed by atoms with Crippen LogP contribution in [-0.2, 0) is 30.7 Å². The molecule has 0 saturated carbocycles. The first-order valence-corrected chi connectivity index (χ1v) is 17.1. The molecule has 0 aliphatic carbocycles. The number of carbonyl (C=O) groups is 2. The number of carbonyl (C=O) groups excluding carboxylic acids is 2. The number of hydrogen-bond acceptors (Lipinski definition) is 8. The predicted octanol–water partition coefficient (Wildman–Crippen LogP) is 4.88. The van der Waals surface area contributed by atoms with E-state index < -0.39 is 21.4 Å². The lowest BCUT2D eigenvalue weighted by atomic mass is 9.86. The number of benzene rings is 3. The monoisotopic (exact) mass is 651 g/mol. The highest BCUT2D eigenvalue weighted by Gasteiger charge is 2.49. The number of rotatable bonds is 9. The SMILES string of the molecule is Cc1cc(-c2cccc(S(C)(=O)=O)c2)c(Cl)cc1C1=C(N)C2(CCCN(CC(=O)NCc3cccc(OC(C)C)c3)C2)OC1=O. The average molecular weight is 652 g/mol. The first-order chi connectivity index (χ1) is 21.3. The summed E-state index contributed by atoms with van der Waals surface area (Å²) in [7, 11) is -3.40. The molecule has 0 bridgehead atoms. The van der Waals surface area contributed by atoms with Crippen LogP contribution in [0.4, 0.5) is 0 Å². The number of amides is 1. The van der Waals surface area contributed by atoms with Gasteiger partial charge in [-0.1, -0.05) is 35.9 Å². The van der Waals surface area contributed by atoms with Crippen LogP contribution in [0.25, 0.3) is 16.7 Å². The van der Waals surface area contributed by atoms with E-state index in [1.807, 2.05) is 56.0 Å². The molecule has 5 rings (SSSR count). The van der Waals surface area contributed by atoms with E-state index in [-0.39, 0.29) is 29.0 Å². The highest BCUT2D eigenvalue weighted by Crippen LogP contribution is 2.43. The van der Waals surface area contributed by atoms with Crippen LogP contribution in [-0.4, -0.2) is 62.8 Å². The third-order valence-corrected chi connectivity index (χ3v) is 9.49. The van der Waals surface area contributed by atoms with Crippen molar-refractivity contribution < 1.29 is 27.5 Å². The van der Waals surface area contributed by atoms with Crippen LogP contribution in [0.1, 0.15) is 43.4 Å². The van der Waals surface area contributed by atoms with Gasteiger partial charge in [0.05, 0.1) is 28.8 Å². The number of nitrogens with zero attached hydrogens (tertiary/aromatic N) is 1. The van der Waals surface area contributed by atoms with Gasteiger partial charge in [0.25, 0.3) is 0 Å². The topological polar surface area (TPSA) is 128 Å². The van der Waals surface area contributed by atoms with Crippen LogP contribution in [0.15, 0.2) is 71.3 Å². The molecule has 1 amide bonds. The normalized spacial score (nSPS) is 18.8. The lowest BCUT2D eigenvalue weighted by molar-refractivity contribution is -0.149.